The predicted molar refractivity (Wildman–Crippen MR) is 60.9 cm³/mol. The molecule has 1 rings (SSSR count). The highest BCUT2D eigenvalue weighted by Gasteiger charge is 2.33. The van der Waals surface area contributed by atoms with E-state index in [1.807, 2.05) is 0 Å². The normalized spacial score (nSPS) is 31.9. The van der Waals surface area contributed by atoms with Crippen molar-refractivity contribution in [3.05, 3.63) is 0 Å². The summed E-state index contributed by atoms with van der Waals surface area (Å²) in [5.41, 5.74) is 1.36. The summed E-state index contributed by atoms with van der Waals surface area (Å²) in [5, 5.41) is 4.03. The van der Waals surface area contributed by atoms with Gasteiger partial charge in [-0.25, -0.2) is 0 Å². The Labute approximate surface area is 91.6 Å². The first-order chi connectivity index (χ1) is 6.45. The lowest BCUT2D eigenvalue weighted by molar-refractivity contribution is 0.193. The number of alkyl halides is 1. The van der Waals surface area contributed by atoms with Gasteiger partial charge in [-0.2, -0.15) is 0 Å². The van der Waals surface area contributed by atoms with E-state index in [1.54, 1.807) is 7.11 Å². The summed E-state index contributed by atoms with van der Waals surface area (Å²) in [5.74, 6) is 0.695. The van der Waals surface area contributed by atoms with E-state index in [0.29, 0.717) is 11.3 Å². The van der Waals surface area contributed by atoms with Crippen molar-refractivity contribution in [1.82, 2.24) is 0 Å². The van der Waals surface area contributed by atoms with E-state index in [-0.39, 0.29) is 5.38 Å². The lowest BCUT2D eigenvalue weighted by atomic mass is 9.72. The highest BCUT2D eigenvalue weighted by Crippen LogP contribution is 2.38. The van der Waals surface area contributed by atoms with E-state index >= 15 is 0 Å². The zero-order valence-electron chi connectivity index (χ0n) is 9.51. The second-order valence-electron chi connectivity index (χ2n) is 5.07. The van der Waals surface area contributed by atoms with Crippen LogP contribution in [0, 0.1) is 11.3 Å². The van der Waals surface area contributed by atoms with Crippen molar-refractivity contribution < 1.29 is 4.84 Å². The van der Waals surface area contributed by atoms with Crippen LogP contribution in [-0.4, -0.2) is 18.2 Å². The summed E-state index contributed by atoms with van der Waals surface area (Å²) in [6, 6.07) is 0. The first-order valence-corrected chi connectivity index (χ1v) is 5.62. The van der Waals surface area contributed by atoms with Crippen LogP contribution in [-0.2, 0) is 4.84 Å². The van der Waals surface area contributed by atoms with Crippen LogP contribution in [0.1, 0.15) is 40.0 Å². The van der Waals surface area contributed by atoms with Gasteiger partial charge in [0.25, 0.3) is 0 Å². The summed E-state index contributed by atoms with van der Waals surface area (Å²) < 4.78 is 0. The average molecular weight is 218 g/mol. The molecule has 0 aromatic rings. The van der Waals surface area contributed by atoms with Crippen molar-refractivity contribution >= 4 is 17.3 Å². The Bertz CT molecular complexity index is 220. The first-order valence-electron chi connectivity index (χ1n) is 5.19. The second-order valence-corrected chi connectivity index (χ2v) is 5.60. The van der Waals surface area contributed by atoms with E-state index in [0.717, 1.165) is 18.6 Å². The molecule has 0 amide bonds. The van der Waals surface area contributed by atoms with Gasteiger partial charge in [-0.15, -0.1) is 11.6 Å². The maximum absolute atomic E-state index is 6.25. The van der Waals surface area contributed by atoms with Crippen molar-refractivity contribution in [2.45, 2.75) is 45.4 Å². The molecule has 0 heterocycles. The fraction of sp³-hybridized carbons (Fsp3) is 0.909. The highest BCUT2D eigenvalue weighted by atomic mass is 35.5. The number of hydrogen-bond donors (Lipinski definition) is 0. The van der Waals surface area contributed by atoms with Crippen molar-refractivity contribution in [2.24, 2.45) is 16.5 Å². The Morgan fingerprint density at radius 2 is 2.07 bits per heavy atom. The first kappa shape index (κ1) is 11.8. The molecule has 0 unspecified atom stereocenters. The molecule has 1 fully saturated rings. The SMILES string of the molecule is CO/N=C1/CC[C@H](C(C)(C)C)C[C@H]1Cl. The molecule has 0 saturated heterocycles. The Kier molecular flexibility index (Phi) is 3.82. The monoisotopic (exact) mass is 217 g/mol. The van der Waals surface area contributed by atoms with Gasteiger partial charge in [-0.05, 0) is 30.6 Å². The molecule has 0 bridgehead atoms. The Morgan fingerprint density at radius 3 is 2.50 bits per heavy atom. The maximum Gasteiger partial charge on any atom is 0.106 e. The standard InChI is InChI=1S/C11H20ClNO/c1-11(2,3)8-5-6-10(13-14-4)9(12)7-8/h8-9H,5-7H2,1-4H3/b13-10-/t8-,9+/m0/s1. The van der Waals surface area contributed by atoms with Gasteiger partial charge >= 0.3 is 0 Å². The topological polar surface area (TPSA) is 21.6 Å². The van der Waals surface area contributed by atoms with Crippen LogP contribution in [0.2, 0.25) is 0 Å². The maximum atomic E-state index is 6.25. The minimum Gasteiger partial charge on any atom is -0.399 e. The van der Waals surface area contributed by atoms with E-state index in [2.05, 4.69) is 25.9 Å². The number of rotatable bonds is 1. The quantitative estimate of drug-likeness (QED) is 0.487. The smallest absolute Gasteiger partial charge is 0.106 e. The molecule has 0 N–H and O–H groups in total. The van der Waals surface area contributed by atoms with Gasteiger partial charge in [-0.1, -0.05) is 25.9 Å². The zero-order valence-corrected chi connectivity index (χ0v) is 10.3. The predicted octanol–water partition coefficient (Wildman–Crippen LogP) is 3.44. The minimum atomic E-state index is 0.0629. The van der Waals surface area contributed by atoms with Gasteiger partial charge in [0, 0.05) is 0 Å². The van der Waals surface area contributed by atoms with Gasteiger partial charge in [0.05, 0.1) is 11.1 Å². The third-order valence-electron chi connectivity index (χ3n) is 3.04. The number of nitrogens with zero attached hydrogens (tertiary/aromatic N) is 1. The molecule has 82 valence electrons. The molecule has 1 aliphatic rings. The molecule has 3 heteroatoms. The summed E-state index contributed by atoms with van der Waals surface area (Å²) >= 11 is 6.25. The van der Waals surface area contributed by atoms with E-state index in [9.17, 15) is 0 Å². The van der Waals surface area contributed by atoms with Crippen LogP contribution in [0.4, 0.5) is 0 Å². The summed E-state index contributed by atoms with van der Waals surface area (Å²) in [4.78, 5) is 4.78. The van der Waals surface area contributed by atoms with Crippen LogP contribution in [0.15, 0.2) is 5.16 Å². The summed E-state index contributed by atoms with van der Waals surface area (Å²) in [7, 11) is 1.58. The lowest BCUT2D eigenvalue weighted by Gasteiger charge is -2.36. The Hall–Kier alpha value is -0.240. The molecular weight excluding hydrogens is 198 g/mol. The molecule has 1 aliphatic carbocycles. The van der Waals surface area contributed by atoms with Crippen LogP contribution in [0.5, 0.6) is 0 Å². The number of hydrogen-bond acceptors (Lipinski definition) is 2. The van der Waals surface area contributed by atoms with Crippen molar-refractivity contribution in [3.8, 4) is 0 Å². The van der Waals surface area contributed by atoms with Crippen molar-refractivity contribution in [3.63, 3.8) is 0 Å². The van der Waals surface area contributed by atoms with Crippen LogP contribution >= 0.6 is 11.6 Å². The van der Waals surface area contributed by atoms with Gasteiger partial charge in [-0.3, -0.25) is 0 Å². The van der Waals surface area contributed by atoms with E-state index in [4.69, 9.17) is 16.4 Å². The molecule has 0 radical (unpaired) electrons. The Morgan fingerprint density at radius 1 is 1.43 bits per heavy atom. The lowest BCUT2D eigenvalue weighted by Crippen LogP contribution is -2.32. The van der Waals surface area contributed by atoms with E-state index in [1.165, 1.54) is 6.42 Å². The van der Waals surface area contributed by atoms with Crippen molar-refractivity contribution in [2.75, 3.05) is 7.11 Å². The molecular formula is C11H20ClNO. The second kappa shape index (κ2) is 4.52. The number of halogens is 1. The fourth-order valence-corrected chi connectivity index (χ4v) is 2.35. The molecule has 0 aromatic heterocycles. The molecule has 0 aliphatic heterocycles. The third kappa shape index (κ3) is 2.88. The van der Waals surface area contributed by atoms with E-state index < -0.39 is 0 Å². The number of oxime groups is 1. The molecule has 2 nitrogen and oxygen atoms in total. The van der Waals surface area contributed by atoms with Gasteiger partial charge in [0.1, 0.15) is 7.11 Å². The fourth-order valence-electron chi connectivity index (χ4n) is 1.99. The largest absolute Gasteiger partial charge is 0.399 e. The summed E-state index contributed by atoms with van der Waals surface area (Å²) in [6.07, 6.45) is 3.17. The van der Waals surface area contributed by atoms with Crippen molar-refractivity contribution in [1.29, 1.82) is 0 Å². The van der Waals surface area contributed by atoms with Crippen LogP contribution in [0.3, 0.4) is 0 Å². The minimum absolute atomic E-state index is 0.0629. The highest BCUT2D eigenvalue weighted by molar-refractivity contribution is 6.32. The Balaban J connectivity index is 2.60. The molecule has 14 heavy (non-hydrogen) atoms. The van der Waals surface area contributed by atoms with Gasteiger partial charge < -0.3 is 4.84 Å². The van der Waals surface area contributed by atoms with Gasteiger partial charge in [0.2, 0.25) is 0 Å². The van der Waals surface area contributed by atoms with Gasteiger partial charge in [0.15, 0.2) is 0 Å². The summed E-state index contributed by atoms with van der Waals surface area (Å²) in [6.45, 7) is 6.83. The average Bonchev–Trinajstić information content (AvgIpc) is 2.07. The molecule has 2 atom stereocenters. The zero-order chi connectivity index (χ0) is 10.8. The molecule has 0 aromatic carbocycles. The molecule has 0 spiro atoms. The molecule has 1 saturated carbocycles. The van der Waals surface area contributed by atoms with Crippen LogP contribution < -0.4 is 0 Å². The van der Waals surface area contributed by atoms with Crippen LogP contribution in [0.25, 0.3) is 0 Å². The third-order valence-corrected chi connectivity index (χ3v) is 3.47.